The van der Waals surface area contributed by atoms with Crippen molar-refractivity contribution >= 4 is 12.6 Å². The van der Waals surface area contributed by atoms with Gasteiger partial charge in [0, 0.05) is 6.21 Å². The predicted octanol–water partition coefficient (Wildman–Crippen LogP) is 1.40. The van der Waals surface area contributed by atoms with Crippen molar-refractivity contribution in [3.63, 3.8) is 0 Å². The second-order valence-electron chi connectivity index (χ2n) is 2.72. The molecule has 0 fully saturated rings. The highest BCUT2D eigenvalue weighted by Crippen LogP contribution is 2.06. The molecule has 0 spiro atoms. The molecule has 0 aliphatic rings. The summed E-state index contributed by atoms with van der Waals surface area (Å²) in [5.41, 5.74) is 0. The molecular weight excluding hydrogens is 154 g/mol. The largest absolute Gasteiger partial charge is 0.305 e. The van der Waals surface area contributed by atoms with Crippen molar-refractivity contribution in [3.05, 3.63) is 0 Å². The van der Waals surface area contributed by atoms with E-state index < -0.39 is 0 Å². The minimum atomic E-state index is 0.113. The Hall–Kier alpha value is -1.26. The molecule has 0 aromatic carbocycles. The maximum absolute atomic E-state index is 6.67. The number of hydrogen-bond donors (Lipinski definition) is 2. The molecule has 0 aliphatic carbocycles. The third-order valence-electron chi connectivity index (χ3n) is 1.39. The van der Waals surface area contributed by atoms with Gasteiger partial charge in [0.1, 0.15) is 6.34 Å². The lowest BCUT2D eigenvalue weighted by atomic mass is 10.1. The normalized spacial score (nSPS) is 16.8. The topological polar surface area (TPSA) is 87.0 Å². The van der Waals surface area contributed by atoms with Gasteiger partial charge in [-0.15, -0.1) is 0 Å². The zero-order chi connectivity index (χ0) is 9.40. The Kier molecular flexibility index (Phi) is 5.77. The van der Waals surface area contributed by atoms with Gasteiger partial charge in [-0.1, -0.05) is 12.1 Å². The van der Waals surface area contributed by atoms with E-state index in [1.54, 1.807) is 6.21 Å². The van der Waals surface area contributed by atoms with Crippen LogP contribution in [0, 0.1) is 11.3 Å². The minimum absolute atomic E-state index is 0.113. The molecule has 2 atom stereocenters. The van der Waals surface area contributed by atoms with Crippen LogP contribution in [0.25, 0.3) is 0 Å². The third-order valence-corrected chi connectivity index (χ3v) is 1.39. The molecule has 68 valence electrons. The summed E-state index contributed by atoms with van der Waals surface area (Å²) in [6.45, 7) is 3.95. The molecule has 0 saturated carbocycles. The lowest BCUT2D eigenvalue weighted by Crippen LogP contribution is -2.07. The van der Waals surface area contributed by atoms with Gasteiger partial charge in [-0.05, 0) is 19.3 Å². The highest BCUT2D eigenvalue weighted by atomic mass is 15.3. The fourth-order valence-corrected chi connectivity index (χ4v) is 0.950. The molecule has 3 N–H and O–H groups in total. The number of hydrogen-bond acceptors (Lipinski definition) is 3. The van der Waals surface area contributed by atoms with Crippen molar-refractivity contribution < 1.29 is 0 Å². The van der Waals surface area contributed by atoms with Crippen LogP contribution in [0.3, 0.4) is 0 Å². The van der Waals surface area contributed by atoms with E-state index in [0.29, 0.717) is 5.92 Å². The summed E-state index contributed by atoms with van der Waals surface area (Å²) in [5.74, 6) is 5.19. The molecule has 12 heavy (non-hydrogen) atoms. The summed E-state index contributed by atoms with van der Waals surface area (Å²) in [4.78, 5) is 3.70. The minimum Gasteiger partial charge on any atom is -0.305 e. The van der Waals surface area contributed by atoms with Crippen molar-refractivity contribution in [2.24, 2.45) is 27.1 Å². The third kappa shape index (κ3) is 5.52. The summed E-state index contributed by atoms with van der Waals surface area (Å²) in [6, 6.07) is 0.113. The summed E-state index contributed by atoms with van der Waals surface area (Å²) < 4.78 is 0. The summed E-state index contributed by atoms with van der Waals surface area (Å²) in [7, 11) is 0. The maximum atomic E-state index is 6.67. The van der Waals surface area contributed by atoms with Gasteiger partial charge in [-0.3, -0.25) is 5.41 Å². The molecular formula is C7H15N5. The van der Waals surface area contributed by atoms with E-state index in [9.17, 15) is 0 Å². The predicted molar refractivity (Wildman–Crippen MR) is 49.6 cm³/mol. The van der Waals surface area contributed by atoms with Gasteiger partial charge in [-0.25, -0.2) is 4.99 Å². The number of nitrogens with one attached hydrogen (secondary N) is 1. The van der Waals surface area contributed by atoms with E-state index in [0.717, 1.165) is 12.8 Å². The molecule has 0 heterocycles. The summed E-state index contributed by atoms with van der Waals surface area (Å²) in [5, 5.41) is 13.6. The SMILES string of the molecule is C[C@@H](/C=N\C=N)C[C@H](C)/N=N\N. The van der Waals surface area contributed by atoms with E-state index in [1.807, 2.05) is 13.8 Å². The molecule has 0 aliphatic heterocycles. The average Bonchev–Trinajstić information content (AvgIpc) is 2.01. The maximum Gasteiger partial charge on any atom is 0.106 e. The fourth-order valence-electron chi connectivity index (χ4n) is 0.950. The molecule has 0 unspecified atom stereocenters. The number of rotatable bonds is 5. The molecule has 5 heteroatoms. The molecule has 0 amide bonds. The second-order valence-corrected chi connectivity index (χ2v) is 2.72. The Balaban J connectivity index is 3.74. The van der Waals surface area contributed by atoms with Gasteiger partial charge in [0.25, 0.3) is 0 Å². The molecule has 5 nitrogen and oxygen atoms in total. The van der Waals surface area contributed by atoms with Crippen LogP contribution < -0.4 is 5.84 Å². The van der Waals surface area contributed by atoms with Gasteiger partial charge in [0.05, 0.1) is 6.04 Å². The number of nitrogens with zero attached hydrogens (tertiary/aromatic N) is 3. The van der Waals surface area contributed by atoms with Crippen LogP contribution in [0.15, 0.2) is 15.3 Å². The van der Waals surface area contributed by atoms with E-state index in [4.69, 9.17) is 11.3 Å². The highest BCUT2D eigenvalue weighted by Gasteiger charge is 2.04. The van der Waals surface area contributed by atoms with Crippen molar-refractivity contribution in [1.29, 1.82) is 5.41 Å². The average molecular weight is 169 g/mol. The first-order valence-electron chi connectivity index (χ1n) is 3.83. The monoisotopic (exact) mass is 169 g/mol. The lowest BCUT2D eigenvalue weighted by molar-refractivity contribution is 0.568. The van der Waals surface area contributed by atoms with Crippen LogP contribution in [0.1, 0.15) is 20.3 Å². The van der Waals surface area contributed by atoms with Crippen molar-refractivity contribution in [3.8, 4) is 0 Å². The lowest BCUT2D eigenvalue weighted by Gasteiger charge is -2.06. The Labute approximate surface area is 72.3 Å². The first kappa shape index (κ1) is 10.7. The smallest absolute Gasteiger partial charge is 0.106 e. The molecule has 0 bridgehead atoms. The van der Waals surface area contributed by atoms with Crippen molar-refractivity contribution in [2.75, 3.05) is 0 Å². The second kappa shape index (κ2) is 6.45. The van der Waals surface area contributed by atoms with Crippen LogP contribution in [0.2, 0.25) is 0 Å². The first-order valence-corrected chi connectivity index (χ1v) is 3.83. The van der Waals surface area contributed by atoms with Gasteiger partial charge in [-0.2, -0.15) is 5.11 Å². The van der Waals surface area contributed by atoms with E-state index in [1.165, 1.54) is 0 Å². The van der Waals surface area contributed by atoms with E-state index in [-0.39, 0.29) is 6.04 Å². The van der Waals surface area contributed by atoms with Gasteiger partial charge in [0.2, 0.25) is 0 Å². The molecule has 0 saturated heterocycles. The number of aliphatic imine (C=N–C) groups is 1. The Morgan fingerprint density at radius 3 is 2.67 bits per heavy atom. The zero-order valence-electron chi connectivity index (χ0n) is 7.44. The Bertz CT molecular complexity index is 175. The highest BCUT2D eigenvalue weighted by molar-refractivity contribution is 5.71. The van der Waals surface area contributed by atoms with Crippen molar-refractivity contribution in [2.45, 2.75) is 26.3 Å². The Morgan fingerprint density at radius 1 is 1.50 bits per heavy atom. The quantitative estimate of drug-likeness (QED) is 0.210. The summed E-state index contributed by atoms with van der Waals surface area (Å²) >= 11 is 0. The molecule has 0 rings (SSSR count). The molecule has 0 aromatic rings. The van der Waals surface area contributed by atoms with E-state index >= 15 is 0 Å². The van der Waals surface area contributed by atoms with Crippen LogP contribution >= 0.6 is 0 Å². The Morgan fingerprint density at radius 2 is 2.17 bits per heavy atom. The van der Waals surface area contributed by atoms with Crippen LogP contribution in [-0.2, 0) is 0 Å². The van der Waals surface area contributed by atoms with Gasteiger partial charge >= 0.3 is 0 Å². The van der Waals surface area contributed by atoms with Crippen molar-refractivity contribution in [1.82, 2.24) is 0 Å². The zero-order valence-corrected chi connectivity index (χ0v) is 7.44. The van der Waals surface area contributed by atoms with Gasteiger partial charge < -0.3 is 5.84 Å². The molecule has 0 radical (unpaired) electrons. The first-order chi connectivity index (χ1) is 5.70. The fraction of sp³-hybridized carbons (Fsp3) is 0.714. The van der Waals surface area contributed by atoms with Crippen LogP contribution in [0.5, 0.6) is 0 Å². The van der Waals surface area contributed by atoms with Gasteiger partial charge in [0.15, 0.2) is 0 Å². The van der Waals surface area contributed by atoms with Crippen LogP contribution in [0.4, 0.5) is 0 Å². The summed E-state index contributed by atoms with van der Waals surface area (Å²) in [6.07, 6.45) is 3.58. The standard InChI is InChI=1S/C7H15N5/c1-6(4-10-5-8)3-7(2)11-12-9/h4-8H,3H2,1-2H3,(H2,9,11)/b8-5?,10-4-/t6-,7+/m1/s1. The van der Waals surface area contributed by atoms with E-state index in [2.05, 4.69) is 15.3 Å². The molecule has 0 aromatic heterocycles. The van der Waals surface area contributed by atoms with Crippen LogP contribution in [-0.4, -0.2) is 18.6 Å². The number of nitrogens with two attached hydrogens (primary N) is 1.